The summed E-state index contributed by atoms with van der Waals surface area (Å²) in [6.45, 7) is 9.70. The fourth-order valence-electron chi connectivity index (χ4n) is 3.33. The van der Waals surface area contributed by atoms with Gasteiger partial charge in [-0.15, -0.1) is 8.58 Å². The summed E-state index contributed by atoms with van der Waals surface area (Å²) in [6.07, 6.45) is 11.8. The van der Waals surface area contributed by atoms with E-state index in [1.807, 2.05) is 0 Å². The maximum Gasteiger partial charge on any atom is 0.288 e. The smallest absolute Gasteiger partial charge is 0.288 e. The lowest BCUT2D eigenvalue weighted by atomic mass is 9.92. The normalized spacial score (nSPS) is 31.2. The van der Waals surface area contributed by atoms with Gasteiger partial charge in [-0.25, -0.2) is 4.99 Å². The number of allylic oxidation sites excluding steroid dienone is 4. The Morgan fingerprint density at radius 3 is 2.91 bits per heavy atom. The number of hydrogen-bond donors (Lipinski definition) is 0. The summed E-state index contributed by atoms with van der Waals surface area (Å²) in [4.78, 5) is 9.72. The summed E-state index contributed by atoms with van der Waals surface area (Å²) < 4.78 is 6.35. The Labute approximate surface area is 141 Å². The number of aliphatic imine (C=N–C) groups is 1. The van der Waals surface area contributed by atoms with Crippen molar-refractivity contribution in [3.63, 3.8) is 0 Å². The fourth-order valence-corrected chi connectivity index (χ4v) is 4.30. The molecule has 0 spiro atoms. The summed E-state index contributed by atoms with van der Waals surface area (Å²) in [5.74, 6) is 0.608. The van der Waals surface area contributed by atoms with Crippen molar-refractivity contribution in [2.24, 2.45) is 4.99 Å². The minimum Gasteiger partial charge on any atom is -0.454 e. The molecule has 3 aliphatic rings. The molecule has 2 unspecified atom stereocenters. The van der Waals surface area contributed by atoms with Crippen molar-refractivity contribution in [1.82, 2.24) is 9.80 Å². The Balaban J connectivity index is 1.76. The van der Waals surface area contributed by atoms with Crippen LogP contribution in [-0.4, -0.2) is 66.6 Å². The van der Waals surface area contributed by atoms with Gasteiger partial charge in [0.25, 0.3) is 6.02 Å². The largest absolute Gasteiger partial charge is 0.454 e. The van der Waals surface area contributed by atoms with Gasteiger partial charge in [-0.05, 0) is 39.6 Å². The molecule has 4 nitrogen and oxygen atoms in total. The number of nitrogens with zero attached hydrogens (tertiary/aromatic N) is 3. The predicted octanol–water partition coefficient (Wildman–Crippen LogP) is 2.84. The Hall–Kier alpha value is -1.12. The van der Waals surface area contributed by atoms with Crippen molar-refractivity contribution in [2.75, 3.05) is 33.3 Å². The van der Waals surface area contributed by atoms with Crippen molar-refractivity contribution in [3.05, 3.63) is 36.0 Å². The van der Waals surface area contributed by atoms with Crippen molar-refractivity contribution >= 4 is 14.6 Å². The van der Waals surface area contributed by atoms with Gasteiger partial charge in [0.05, 0.1) is 0 Å². The first-order valence-corrected chi connectivity index (χ1v) is 10.0. The minimum absolute atomic E-state index is 0.00122. The van der Waals surface area contributed by atoms with Crippen LogP contribution >= 0.6 is 8.58 Å². The van der Waals surface area contributed by atoms with Gasteiger partial charge >= 0.3 is 0 Å². The second-order valence-corrected chi connectivity index (χ2v) is 8.25. The third-order valence-electron chi connectivity index (χ3n) is 4.81. The summed E-state index contributed by atoms with van der Waals surface area (Å²) in [7, 11) is 3.13. The van der Waals surface area contributed by atoms with Gasteiger partial charge in [0, 0.05) is 25.4 Å². The van der Waals surface area contributed by atoms with Crippen molar-refractivity contribution in [3.8, 4) is 0 Å². The van der Waals surface area contributed by atoms with Crippen LogP contribution in [0.25, 0.3) is 0 Å². The van der Waals surface area contributed by atoms with Gasteiger partial charge in [-0.1, -0.05) is 30.4 Å². The number of amidine groups is 1. The molecule has 3 rings (SSSR count). The van der Waals surface area contributed by atoms with Crippen LogP contribution in [0, 0.1) is 0 Å². The van der Waals surface area contributed by atoms with E-state index in [4.69, 9.17) is 9.73 Å². The molecule has 1 aliphatic carbocycles. The lowest BCUT2D eigenvalue weighted by Crippen LogP contribution is -2.51. The monoisotopic (exact) mass is 333 g/mol. The first-order valence-electron chi connectivity index (χ1n) is 8.43. The molecule has 0 N–H and O–H groups in total. The first-order chi connectivity index (χ1) is 11.0. The molecule has 2 heterocycles. The van der Waals surface area contributed by atoms with Crippen molar-refractivity contribution < 1.29 is 4.74 Å². The molecule has 0 aromatic rings. The van der Waals surface area contributed by atoms with Crippen LogP contribution in [0.4, 0.5) is 0 Å². The average molecular weight is 333 g/mol. The van der Waals surface area contributed by atoms with E-state index < -0.39 is 0 Å². The third kappa shape index (κ3) is 3.54. The van der Waals surface area contributed by atoms with Gasteiger partial charge in [0.1, 0.15) is 5.54 Å². The van der Waals surface area contributed by atoms with E-state index in [0.29, 0.717) is 5.78 Å². The predicted molar refractivity (Wildman–Crippen MR) is 99.6 cm³/mol. The van der Waals surface area contributed by atoms with Gasteiger partial charge in [0.2, 0.25) is 0 Å². The maximum atomic E-state index is 6.35. The summed E-state index contributed by atoms with van der Waals surface area (Å²) in [5.41, 5.74) is 0.988. The van der Waals surface area contributed by atoms with Gasteiger partial charge in [-0.3, -0.25) is 4.90 Å². The number of hydrogen-bond acceptors (Lipinski definition) is 4. The highest BCUT2D eigenvalue weighted by molar-refractivity contribution is 7.37. The van der Waals surface area contributed by atoms with Crippen LogP contribution in [0.1, 0.15) is 20.3 Å². The highest BCUT2D eigenvalue weighted by Crippen LogP contribution is 2.33. The van der Waals surface area contributed by atoms with E-state index in [9.17, 15) is 0 Å². The average Bonchev–Trinajstić information content (AvgIpc) is 2.70. The molecule has 1 saturated heterocycles. The van der Waals surface area contributed by atoms with Crippen LogP contribution in [-0.2, 0) is 4.74 Å². The molecule has 0 saturated carbocycles. The molecule has 0 bridgehead atoms. The molecule has 2 aliphatic heterocycles. The van der Waals surface area contributed by atoms with Crippen LogP contribution in [0.5, 0.6) is 0 Å². The second-order valence-electron chi connectivity index (χ2n) is 7.01. The SMILES string of the molecule is CP[C@@H]1CN(C2=NC(C)(C)C(C3=CC=CCC=C3)O2)CCN1C. The lowest BCUT2D eigenvalue weighted by molar-refractivity contribution is 0.133. The molecule has 0 aromatic carbocycles. The van der Waals surface area contributed by atoms with Crippen molar-refractivity contribution in [2.45, 2.75) is 37.7 Å². The first kappa shape index (κ1) is 16.7. The summed E-state index contributed by atoms with van der Waals surface area (Å²) in [6, 6.07) is 0.832. The van der Waals surface area contributed by atoms with E-state index >= 15 is 0 Å². The van der Waals surface area contributed by atoms with Gasteiger partial charge in [0.15, 0.2) is 6.10 Å². The van der Waals surface area contributed by atoms with E-state index in [1.54, 1.807) is 0 Å². The molecule has 1 fully saturated rings. The molecule has 3 atom stereocenters. The quantitative estimate of drug-likeness (QED) is 0.728. The number of piperazine rings is 1. The Bertz CT molecular complexity index is 565. The topological polar surface area (TPSA) is 28.1 Å². The standard InChI is InChI=1S/C18H28N3OP/c1-18(2)16(14-9-7-5-6-8-10-14)22-17(19-18)21-12-11-20(3)15(13-21)23-4/h5,7-10,15-16,23H,6,11-13H2,1-4H3/t15-,16?/m1/s1. The summed E-state index contributed by atoms with van der Waals surface area (Å²) >= 11 is 0. The Kier molecular flexibility index (Phi) is 4.93. The zero-order valence-electron chi connectivity index (χ0n) is 14.6. The third-order valence-corrected chi connectivity index (χ3v) is 6.10. The lowest BCUT2D eigenvalue weighted by Gasteiger charge is -2.39. The Morgan fingerprint density at radius 1 is 1.30 bits per heavy atom. The number of rotatable bonds is 2. The van der Waals surface area contributed by atoms with Gasteiger partial charge < -0.3 is 9.64 Å². The fraction of sp³-hybridized carbons (Fsp3) is 0.611. The minimum atomic E-state index is -0.225. The molecule has 126 valence electrons. The summed E-state index contributed by atoms with van der Waals surface area (Å²) in [5, 5.41) is 0. The molecule has 0 radical (unpaired) electrons. The molecule has 23 heavy (non-hydrogen) atoms. The van der Waals surface area contributed by atoms with E-state index in [2.05, 4.69) is 67.7 Å². The molecule has 5 heteroatoms. The Morgan fingerprint density at radius 2 is 2.13 bits per heavy atom. The van der Waals surface area contributed by atoms with E-state index in [0.717, 1.165) is 40.7 Å². The zero-order chi connectivity index (χ0) is 16.4. The second kappa shape index (κ2) is 6.78. The molecule has 0 aromatic heterocycles. The van der Waals surface area contributed by atoms with E-state index in [1.165, 1.54) is 5.57 Å². The highest BCUT2D eigenvalue weighted by Gasteiger charge is 2.42. The van der Waals surface area contributed by atoms with Crippen LogP contribution in [0.3, 0.4) is 0 Å². The molecular weight excluding hydrogens is 305 g/mol. The van der Waals surface area contributed by atoms with Crippen LogP contribution in [0.2, 0.25) is 0 Å². The van der Waals surface area contributed by atoms with E-state index in [-0.39, 0.29) is 11.6 Å². The molecule has 0 amide bonds. The number of ether oxygens (including phenoxy) is 1. The van der Waals surface area contributed by atoms with Crippen molar-refractivity contribution in [1.29, 1.82) is 0 Å². The highest BCUT2D eigenvalue weighted by atomic mass is 31.1. The number of likely N-dealkylation sites (N-methyl/N-ethyl adjacent to an activating group) is 1. The zero-order valence-corrected chi connectivity index (χ0v) is 15.6. The van der Waals surface area contributed by atoms with Gasteiger partial charge in [-0.2, -0.15) is 0 Å². The molecular formula is C18H28N3OP. The van der Waals surface area contributed by atoms with Crippen LogP contribution < -0.4 is 0 Å². The maximum absolute atomic E-state index is 6.35. The van der Waals surface area contributed by atoms with Crippen LogP contribution in [0.15, 0.2) is 40.9 Å².